The van der Waals surface area contributed by atoms with E-state index in [1.807, 2.05) is 36.5 Å². The summed E-state index contributed by atoms with van der Waals surface area (Å²) < 4.78 is 20.1. The highest BCUT2D eigenvalue weighted by atomic mass is 19.1. The molecule has 140 valence electrons. The number of rotatable bonds is 7. The van der Waals surface area contributed by atoms with Gasteiger partial charge < -0.3 is 15.8 Å². The Balaban J connectivity index is 1.89. The van der Waals surface area contributed by atoms with Gasteiger partial charge in [-0.05, 0) is 36.4 Å². The molecule has 3 rings (SSSR count). The lowest BCUT2D eigenvalue weighted by atomic mass is 10.1. The van der Waals surface area contributed by atoms with E-state index in [2.05, 4.69) is 15.4 Å². The van der Waals surface area contributed by atoms with Gasteiger partial charge in [0, 0.05) is 31.0 Å². The Morgan fingerprint density at radius 3 is 2.63 bits per heavy atom. The largest absolute Gasteiger partial charge is 0.383 e. The quantitative estimate of drug-likeness (QED) is 0.382. The van der Waals surface area contributed by atoms with Crippen LogP contribution in [0.5, 0.6) is 0 Å². The molecule has 3 N–H and O–H groups in total. The normalized spacial score (nSPS) is 11.6. The zero-order valence-corrected chi connectivity index (χ0v) is 15.1. The number of para-hydroxylation sites is 1. The van der Waals surface area contributed by atoms with Gasteiger partial charge in [-0.2, -0.15) is 5.10 Å². The molecule has 6 nitrogen and oxygen atoms in total. The molecule has 2 aromatic carbocycles. The lowest BCUT2D eigenvalue weighted by Crippen LogP contribution is -2.34. The lowest BCUT2D eigenvalue weighted by Gasteiger charge is -2.04. The monoisotopic (exact) mass is 367 g/mol. The van der Waals surface area contributed by atoms with E-state index in [9.17, 15) is 4.39 Å². The van der Waals surface area contributed by atoms with Gasteiger partial charge in [0.2, 0.25) is 0 Å². The third kappa shape index (κ3) is 4.92. The molecule has 1 aromatic heterocycles. The molecule has 0 saturated carbocycles. The van der Waals surface area contributed by atoms with E-state index in [0.717, 1.165) is 22.5 Å². The van der Waals surface area contributed by atoms with Crippen molar-refractivity contribution in [2.45, 2.75) is 6.54 Å². The van der Waals surface area contributed by atoms with Gasteiger partial charge in [0.25, 0.3) is 0 Å². The van der Waals surface area contributed by atoms with Crippen molar-refractivity contribution >= 4 is 5.96 Å². The van der Waals surface area contributed by atoms with Crippen LogP contribution in [0.4, 0.5) is 4.39 Å². The number of ether oxygens (including phenoxy) is 1. The molecular formula is C20H22FN5O. The zero-order valence-electron chi connectivity index (χ0n) is 15.1. The first kappa shape index (κ1) is 18.6. The van der Waals surface area contributed by atoms with Crippen LogP contribution in [-0.2, 0) is 11.3 Å². The standard InChI is InChI=1S/C20H22FN5O/c1-27-12-11-23-20(22)24-13-16-14-26(18-5-3-2-4-6-18)25-19(16)15-7-9-17(21)10-8-15/h2-10,14H,11-13H2,1H3,(H3,22,23,24). The summed E-state index contributed by atoms with van der Waals surface area (Å²) in [6, 6.07) is 16.0. The fourth-order valence-corrected chi connectivity index (χ4v) is 2.60. The number of aromatic nitrogens is 2. The Morgan fingerprint density at radius 1 is 1.19 bits per heavy atom. The summed E-state index contributed by atoms with van der Waals surface area (Å²) in [4.78, 5) is 4.38. The zero-order chi connectivity index (χ0) is 19.1. The molecule has 0 atom stereocenters. The highest BCUT2D eigenvalue weighted by Crippen LogP contribution is 2.24. The van der Waals surface area contributed by atoms with E-state index in [1.165, 1.54) is 12.1 Å². The van der Waals surface area contributed by atoms with Gasteiger partial charge in [-0.1, -0.05) is 18.2 Å². The van der Waals surface area contributed by atoms with Crippen molar-refractivity contribution < 1.29 is 9.13 Å². The summed E-state index contributed by atoms with van der Waals surface area (Å²) >= 11 is 0. The molecule has 0 saturated heterocycles. The summed E-state index contributed by atoms with van der Waals surface area (Å²) in [7, 11) is 1.63. The maximum Gasteiger partial charge on any atom is 0.189 e. The molecule has 0 radical (unpaired) electrons. The van der Waals surface area contributed by atoms with Gasteiger partial charge in [-0.15, -0.1) is 0 Å². The summed E-state index contributed by atoms with van der Waals surface area (Å²) in [6.07, 6.45) is 1.92. The minimum Gasteiger partial charge on any atom is -0.383 e. The Labute approximate surface area is 157 Å². The van der Waals surface area contributed by atoms with Crippen LogP contribution in [0, 0.1) is 5.82 Å². The first-order valence-electron chi connectivity index (χ1n) is 8.60. The van der Waals surface area contributed by atoms with Crippen LogP contribution in [0.2, 0.25) is 0 Å². The number of hydrogen-bond donors (Lipinski definition) is 2. The third-order valence-corrected chi connectivity index (χ3v) is 3.96. The Bertz CT molecular complexity index is 890. The molecule has 0 aliphatic heterocycles. The summed E-state index contributed by atoms with van der Waals surface area (Å²) in [6.45, 7) is 1.48. The minimum atomic E-state index is -0.285. The van der Waals surface area contributed by atoms with E-state index in [-0.39, 0.29) is 5.82 Å². The number of halogens is 1. The molecule has 3 aromatic rings. The van der Waals surface area contributed by atoms with Gasteiger partial charge in [0.05, 0.1) is 24.5 Å². The number of nitrogens with two attached hydrogens (primary N) is 1. The number of guanidine groups is 1. The van der Waals surface area contributed by atoms with Gasteiger partial charge in [-0.25, -0.2) is 14.1 Å². The second-order valence-corrected chi connectivity index (χ2v) is 5.91. The number of nitrogens with one attached hydrogen (secondary N) is 1. The van der Waals surface area contributed by atoms with Gasteiger partial charge >= 0.3 is 0 Å². The van der Waals surface area contributed by atoms with Crippen LogP contribution in [0.1, 0.15) is 5.56 Å². The molecule has 0 bridgehead atoms. The van der Waals surface area contributed by atoms with Crippen molar-refractivity contribution in [3.05, 3.63) is 72.2 Å². The summed E-state index contributed by atoms with van der Waals surface area (Å²) in [5.74, 6) is 0.0527. The van der Waals surface area contributed by atoms with Crippen LogP contribution < -0.4 is 11.1 Å². The van der Waals surface area contributed by atoms with E-state index in [4.69, 9.17) is 10.5 Å². The first-order chi connectivity index (χ1) is 13.2. The average molecular weight is 367 g/mol. The van der Waals surface area contributed by atoms with Gasteiger partial charge in [0.15, 0.2) is 5.96 Å². The summed E-state index contributed by atoms with van der Waals surface area (Å²) in [5.41, 5.74) is 9.28. The van der Waals surface area contributed by atoms with Crippen LogP contribution in [0.15, 0.2) is 65.8 Å². The van der Waals surface area contributed by atoms with E-state index < -0.39 is 0 Å². The van der Waals surface area contributed by atoms with Crippen molar-refractivity contribution in [1.29, 1.82) is 0 Å². The predicted octanol–water partition coefficient (Wildman–Crippen LogP) is 2.73. The minimum absolute atomic E-state index is 0.285. The van der Waals surface area contributed by atoms with Crippen LogP contribution in [0.3, 0.4) is 0 Å². The fourth-order valence-electron chi connectivity index (χ4n) is 2.60. The van der Waals surface area contributed by atoms with Gasteiger partial charge in [-0.3, -0.25) is 0 Å². The molecule has 0 unspecified atom stereocenters. The Morgan fingerprint density at radius 2 is 1.93 bits per heavy atom. The molecule has 1 heterocycles. The number of methoxy groups -OCH3 is 1. The molecule has 0 aliphatic carbocycles. The average Bonchev–Trinajstić information content (AvgIpc) is 3.12. The maximum atomic E-state index is 13.3. The van der Waals surface area contributed by atoms with E-state index in [1.54, 1.807) is 23.9 Å². The maximum absolute atomic E-state index is 13.3. The van der Waals surface area contributed by atoms with Crippen molar-refractivity contribution in [2.75, 3.05) is 20.3 Å². The van der Waals surface area contributed by atoms with E-state index >= 15 is 0 Å². The van der Waals surface area contributed by atoms with Crippen LogP contribution in [-0.4, -0.2) is 36.0 Å². The van der Waals surface area contributed by atoms with Crippen molar-refractivity contribution in [3.63, 3.8) is 0 Å². The molecule has 27 heavy (non-hydrogen) atoms. The van der Waals surface area contributed by atoms with Crippen LogP contribution >= 0.6 is 0 Å². The van der Waals surface area contributed by atoms with E-state index in [0.29, 0.717) is 25.7 Å². The highest BCUT2D eigenvalue weighted by Gasteiger charge is 2.12. The highest BCUT2D eigenvalue weighted by molar-refractivity contribution is 5.78. The predicted molar refractivity (Wildman–Crippen MR) is 104 cm³/mol. The second kappa shape index (κ2) is 8.95. The SMILES string of the molecule is COCCNC(N)=NCc1cn(-c2ccccc2)nc1-c1ccc(F)cc1. The van der Waals surface area contributed by atoms with Crippen LogP contribution in [0.25, 0.3) is 16.9 Å². The molecular weight excluding hydrogens is 345 g/mol. The Hall–Kier alpha value is -3.19. The topological polar surface area (TPSA) is 77.5 Å². The molecule has 0 aliphatic rings. The van der Waals surface area contributed by atoms with Crippen molar-refractivity contribution in [1.82, 2.24) is 15.1 Å². The van der Waals surface area contributed by atoms with Gasteiger partial charge in [0.1, 0.15) is 5.82 Å². The first-order valence-corrected chi connectivity index (χ1v) is 8.60. The lowest BCUT2D eigenvalue weighted by molar-refractivity contribution is 0.204. The number of aliphatic imine (C=N–C) groups is 1. The number of nitrogens with zero attached hydrogens (tertiary/aromatic N) is 3. The molecule has 0 amide bonds. The molecule has 0 fully saturated rings. The number of hydrogen-bond acceptors (Lipinski definition) is 3. The third-order valence-electron chi connectivity index (χ3n) is 3.96. The summed E-state index contributed by atoms with van der Waals surface area (Å²) in [5, 5.41) is 7.66. The smallest absolute Gasteiger partial charge is 0.189 e. The van der Waals surface area contributed by atoms with Crippen molar-refractivity contribution in [2.24, 2.45) is 10.7 Å². The molecule has 7 heteroatoms. The van der Waals surface area contributed by atoms with Crippen molar-refractivity contribution in [3.8, 4) is 16.9 Å². The number of benzene rings is 2. The molecule has 0 spiro atoms. The Kier molecular flexibility index (Phi) is 6.17. The second-order valence-electron chi connectivity index (χ2n) is 5.91. The fraction of sp³-hybridized carbons (Fsp3) is 0.200.